The molecule has 0 fully saturated rings. The SMILES string of the molecule is C1=C(c2ccccc2)c2ccccc2C1c1c2ccccc2cc[c+]2ccccc12. The van der Waals surface area contributed by atoms with Crippen LogP contribution in [0.1, 0.15) is 28.2 Å². The van der Waals surface area contributed by atoms with Gasteiger partial charge >= 0.3 is 0 Å². The average molecular weight is 381 g/mol. The van der Waals surface area contributed by atoms with E-state index in [2.05, 4.69) is 121 Å². The first-order chi connectivity index (χ1) is 14.9. The van der Waals surface area contributed by atoms with Crippen molar-refractivity contribution in [3.05, 3.63) is 144 Å². The number of hydrogen-bond acceptors (Lipinski definition) is 0. The van der Waals surface area contributed by atoms with Crippen LogP contribution in [0.2, 0.25) is 0 Å². The smallest absolute Gasteiger partial charge is 0.0622 e. The Bertz CT molecular complexity index is 1370. The Hall–Kier alpha value is -3.77. The molecule has 0 aliphatic heterocycles. The summed E-state index contributed by atoms with van der Waals surface area (Å²) in [7, 11) is 0. The van der Waals surface area contributed by atoms with Crippen LogP contribution < -0.4 is 0 Å². The second-order valence-corrected chi connectivity index (χ2v) is 7.93. The highest BCUT2D eigenvalue weighted by Crippen LogP contribution is 2.46. The first kappa shape index (κ1) is 17.1. The zero-order chi connectivity index (χ0) is 19.9. The molecule has 0 saturated heterocycles. The molecule has 0 heteroatoms. The van der Waals surface area contributed by atoms with Crippen molar-refractivity contribution in [1.82, 2.24) is 0 Å². The summed E-state index contributed by atoms with van der Waals surface area (Å²) in [5.74, 6) is 0.221. The molecular formula is C30H21+. The predicted octanol–water partition coefficient (Wildman–Crippen LogP) is 7.85. The molecule has 5 aromatic carbocycles. The van der Waals surface area contributed by atoms with Crippen molar-refractivity contribution in [3.63, 3.8) is 0 Å². The van der Waals surface area contributed by atoms with Crippen molar-refractivity contribution < 1.29 is 0 Å². The molecule has 1 unspecified atom stereocenters. The van der Waals surface area contributed by atoms with Gasteiger partial charge < -0.3 is 0 Å². The van der Waals surface area contributed by atoms with Gasteiger partial charge in [-0.1, -0.05) is 72.8 Å². The third kappa shape index (κ3) is 2.65. The lowest BCUT2D eigenvalue weighted by molar-refractivity contribution is 1.08. The third-order valence-corrected chi connectivity index (χ3v) is 6.26. The second-order valence-electron chi connectivity index (χ2n) is 7.93. The molecule has 0 radical (unpaired) electrons. The van der Waals surface area contributed by atoms with Gasteiger partial charge in [-0.3, -0.25) is 0 Å². The molecule has 0 aromatic heterocycles. The minimum absolute atomic E-state index is 0.221. The Labute approximate surface area is 176 Å². The lowest BCUT2D eigenvalue weighted by atomic mass is 9.88. The van der Waals surface area contributed by atoms with Crippen LogP contribution in [0.15, 0.2) is 121 Å². The molecule has 0 heterocycles. The van der Waals surface area contributed by atoms with E-state index in [1.165, 1.54) is 49.4 Å². The molecule has 0 saturated carbocycles. The summed E-state index contributed by atoms with van der Waals surface area (Å²) in [6.07, 6.45) is 2.47. The lowest BCUT2D eigenvalue weighted by Gasteiger charge is -2.11. The van der Waals surface area contributed by atoms with Crippen LogP contribution in [-0.2, 0) is 0 Å². The first-order valence-electron chi connectivity index (χ1n) is 10.5. The summed E-state index contributed by atoms with van der Waals surface area (Å²) >= 11 is 0. The highest BCUT2D eigenvalue weighted by atomic mass is 14.3. The highest BCUT2D eigenvalue weighted by molar-refractivity contribution is 6.01. The average Bonchev–Trinajstić information content (AvgIpc) is 3.11. The molecule has 0 amide bonds. The van der Waals surface area contributed by atoms with E-state index >= 15 is 0 Å². The van der Waals surface area contributed by atoms with E-state index in [9.17, 15) is 0 Å². The van der Waals surface area contributed by atoms with E-state index in [0.717, 1.165) is 0 Å². The van der Waals surface area contributed by atoms with Gasteiger partial charge in [0.15, 0.2) is 0 Å². The van der Waals surface area contributed by atoms with Gasteiger partial charge in [-0.15, -0.1) is 0 Å². The van der Waals surface area contributed by atoms with Gasteiger partial charge in [0, 0.05) is 46.7 Å². The Morgan fingerprint density at radius 1 is 0.600 bits per heavy atom. The molecule has 5 aromatic rings. The molecule has 140 valence electrons. The standard InChI is InChI=1S/C30H21/c1-2-10-21(11-3-1)28-20-29(27-17-9-8-16-26(27)28)30-24-14-6-4-12-22(24)18-19-23-13-5-7-15-25(23)30/h1-20,29H/q+1. The minimum Gasteiger partial charge on any atom is -0.0622 e. The van der Waals surface area contributed by atoms with Crippen molar-refractivity contribution in [1.29, 1.82) is 0 Å². The Morgan fingerprint density at radius 2 is 1.37 bits per heavy atom. The van der Waals surface area contributed by atoms with E-state index in [0.29, 0.717) is 0 Å². The van der Waals surface area contributed by atoms with Gasteiger partial charge in [0.25, 0.3) is 0 Å². The van der Waals surface area contributed by atoms with Crippen LogP contribution in [-0.4, -0.2) is 0 Å². The predicted molar refractivity (Wildman–Crippen MR) is 128 cm³/mol. The fourth-order valence-corrected chi connectivity index (χ4v) is 4.90. The van der Waals surface area contributed by atoms with Crippen LogP contribution in [0.25, 0.3) is 27.1 Å². The molecule has 0 N–H and O–H groups in total. The van der Waals surface area contributed by atoms with Crippen LogP contribution >= 0.6 is 0 Å². The topological polar surface area (TPSA) is 0 Å². The van der Waals surface area contributed by atoms with Gasteiger partial charge in [0.1, 0.15) is 0 Å². The largest absolute Gasteiger partial charge is 0.0847 e. The third-order valence-electron chi connectivity index (χ3n) is 6.26. The molecule has 1 aliphatic rings. The Kier molecular flexibility index (Phi) is 3.95. The normalized spacial score (nSPS) is 15.2. The molecule has 30 heavy (non-hydrogen) atoms. The van der Waals surface area contributed by atoms with E-state index < -0.39 is 0 Å². The number of hydrogen-bond donors (Lipinski definition) is 0. The van der Waals surface area contributed by atoms with Crippen LogP contribution in [0, 0.1) is 0 Å². The number of allylic oxidation sites excluding steroid dienone is 1. The van der Waals surface area contributed by atoms with Gasteiger partial charge in [0.05, 0.1) is 16.7 Å². The Balaban J connectivity index is 1.73. The van der Waals surface area contributed by atoms with Crippen molar-refractivity contribution in [2.45, 2.75) is 5.92 Å². The fourth-order valence-electron chi connectivity index (χ4n) is 4.90. The van der Waals surface area contributed by atoms with Crippen LogP contribution in [0.4, 0.5) is 0 Å². The summed E-state index contributed by atoms with van der Waals surface area (Å²) in [5, 5.41) is 5.21. The lowest BCUT2D eigenvalue weighted by Crippen LogP contribution is -1.97. The summed E-state index contributed by atoms with van der Waals surface area (Å²) in [6.45, 7) is 0. The Morgan fingerprint density at radius 3 is 2.30 bits per heavy atom. The summed E-state index contributed by atoms with van der Waals surface area (Å²) < 4.78 is 0. The van der Waals surface area contributed by atoms with E-state index in [-0.39, 0.29) is 5.92 Å². The molecule has 0 spiro atoms. The monoisotopic (exact) mass is 381 g/mol. The number of benzene rings is 4. The summed E-state index contributed by atoms with van der Waals surface area (Å²) in [4.78, 5) is 0. The summed E-state index contributed by atoms with van der Waals surface area (Å²) in [5.41, 5.74) is 6.73. The maximum Gasteiger partial charge on any atom is 0.0847 e. The van der Waals surface area contributed by atoms with Crippen molar-refractivity contribution >= 4 is 27.1 Å². The molecular weight excluding hydrogens is 360 g/mol. The molecule has 6 rings (SSSR count). The van der Waals surface area contributed by atoms with E-state index in [4.69, 9.17) is 0 Å². The van der Waals surface area contributed by atoms with E-state index in [1.807, 2.05) is 0 Å². The highest BCUT2D eigenvalue weighted by Gasteiger charge is 2.29. The molecule has 1 atom stereocenters. The molecule has 0 bridgehead atoms. The van der Waals surface area contributed by atoms with Gasteiger partial charge in [-0.05, 0) is 40.5 Å². The second kappa shape index (κ2) is 6.93. The zero-order valence-corrected chi connectivity index (χ0v) is 16.6. The summed E-state index contributed by atoms with van der Waals surface area (Å²) in [6, 6.07) is 41.7. The number of rotatable bonds is 2. The van der Waals surface area contributed by atoms with Gasteiger partial charge in [-0.2, -0.15) is 0 Å². The van der Waals surface area contributed by atoms with E-state index in [1.54, 1.807) is 0 Å². The van der Waals surface area contributed by atoms with Crippen LogP contribution in [0.5, 0.6) is 0 Å². The molecule has 1 aliphatic carbocycles. The minimum atomic E-state index is 0.221. The zero-order valence-electron chi connectivity index (χ0n) is 16.6. The maximum absolute atomic E-state index is 2.47. The first-order valence-corrected chi connectivity index (χ1v) is 10.5. The van der Waals surface area contributed by atoms with Crippen molar-refractivity contribution in [2.75, 3.05) is 0 Å². The van der Waals surface area contributed by atoms with Gasteiger partial charge in [0.2, 0.25) is 0 Å². The molecule has 0 nitrogen and oxygen atoms in total. The van der Waals surface area contributed by atoms with Crippen molar-refractivity contribution in [2.24, 2.45) is 0 Å². The maximum atomic E-state index is 2.47. The quantitative estimate of drug-likeness (QED) is 0.273. The van der Waals surface area contributed by atoms with Crippen molar-refractivity contribution in [3.8, 4) is 0 Å². The fraction of sp³-hybridized carbons (Fsp3) is 0.0333. The van der Waals surface area contributed by atoms with Gasteiger partial charge in [-0.25, -0.2) is 0 Å². The number of fused-ring (bicyclic) bond motifs is 3. The van der Waals surface area contributed by atoms with Crippen LogP contribution in [0.3, 0.4) is 0 Å².